The van der Waals surface area contributed by atoms with Gasteiger partial charge in [0.1, 0.15) is 0 Å². The van der Waals surface area contributed by atoms with Crippen molar-refractivity contribution in [2.75, 3.05) is 13.2 Å². The van der Waals surface area contributed by atoms with Crippen molar-refractivity contribution in [2.45, 2.75) is 12.6 Å². The van der Waals surface area contributed by atoms with E-state index >= 15 is 0 Å². The fourth-order valence-electron chi connectivity index (χ4n) is 1.94. The zero-order valence-electron chi connectivity index (χ0n) is 13.3. The van der Waals surface area contributed by atoms with Crippen LogP contribution in [-0.4, -0.2) is 30.8 Å². The maximum absolute atomic E-state index is 12.6. The second kappa shape index (κ2) is 8.32. The summed E-state index contributed by atoms with van der Waals surface area (Å²) in [6.45, 7) is -0.734. The molecule has 0 atom stereocenters. The van der Waals surface area contributed by atoms with Crippen LogP contribution in [0.5, 0.6) is 0 Å². The van der Waals surface area contributed by atoms with E-state index in [0.717, 1.165) is 12.1 Å². The van der Waals surface area contributed by atoms with E-state index in [0.29, 0.717) is 6.07 Å². The molecule has 6 nitrogen and oxygen atoms in total. The first-order valence-corrected chi connectivity index (χ1v) is 7.45. The van der Waals surface area contributed by atoms with Gasteiger partial charge >= 0.3 is 12.1 Å². The zero-order valence-corrected chi connectivity index (χ0v) is 13.3. The number of hydrogen-bond donors (Lipinski definition) is 1. The van der Waals surface area contributed by atoms with Crippen molar-refractivity contribution in [3.63, 3.8) is 0 Å². The summed E-state index contributed by atoms with van der Waals surface area (Å²) in [5.74, 6) is -1.96. The second-order valence-electron chi connectivity index (χ2n) is 5.15. The fourth-order valence-corrected chi connectivity index (χ4v) is 1.94. The molecule has 1 N–H and O–H groups in total. The van der Waals surface area contributed by atoms with Crippen molar-refractivity contribution in [3.8, 4) is 0 Å². The monoisotopic (exact) mass is 369 g/mol. The SMILES string of the molecule is O=C(CCNC(=O)c1ccco1)OCC(=O)c1cccc(C(F)(F)F)c1. The first kappa shape index (κ1) is 19.2. The molecule has 0 radical (unpaired) electrons. The average Bonchev–Trinajstić information content (AvgIpc) is 3.13. The lowest BCUT2D eigenvalue weighted by Gasteiger charge is -2.09. The Kier molecular flexibility index (Phi) is 6.16. The van der Waals surface area contributed by atoms with Gasteiger partial charge in [0.05, 0.1) is 18.2 Å². The predicted octanol–water partition coefficient (Wildman–Crippen LogP) is 2.84. The highest BCUT2D eigenvalue weighted by atomic mass is 19.4. The van der Waals surface area contributed by atoms with Gasteiger partial charge in [-0.1, -0.05) is 12.1 Å². The lowest BCUT2D eigenvalue weighted by molar-refractivity contribution is -0.142. The number of ketones is 1. The quantitative estimate of drug-likeness (QED) is 0.599. The highest BCUT2D eigenvalue weighted by molar-refractivity contribution is 5.98. The number of nitrogens with one attached hydrogen (secondary N) is 1. The molecule has 138 valence electrons. The van der Waals surface area contributed by atoms with Gasteiger partial charge in [-0.05, 0) is 24.3 Å². The smallest absolute Gasteiger partial charge is 0.416 e. The number of halogens is 3. The van der Waals surface area contributed by atoms with Crippen molar-refractivity contribution in [1.29, 1.82) is 0 Å². The Balaban J connectivity index is 1.76. The molecule has 9 heteroatoms. The first-order chi connectivity index (χ1) is 12.3. The van der Waals surface area contributed by atoms with Gasteiger partial charge in [-0.15, -0.1) is 0 Å². The Bertz CT molecular complexity index is 784. The van der Waals surface area contributed by atoms with Gasteiger partial charge in [-0.2, -0.15) is 13.2 Å². The van der Waals surface area contributed by atoms with Crippen LogP contribution < -0.4 is 5.32 Å². The van der Waals surface area contributed by atoms with Gasteiger partial charge in [0.2, 0.25) is 0 Å². The van der Waals surface area contributed by atoms with Gasteiger partial charge in [-0.25, -0.2) is 0 Å². The van der Waals surface area contributed by atoms with Crippen LogP contribution in [0.1, 0.15) is 32.9 Å². The molecule has 26 heavy (non-hydrogen) atoms. The molecule has 1 aromatic carbocycles. The van der Waals surface area contributed by atoms with E-state index in [1.165, 1.54) is 24.5 Å². The average molecular weight is 369 g/mol. The molecule has 0 unspecified atom stereocenters. The summed E-state index contributed by atoms with van der Waals surface area (Å²) in [7, 11) is 0. The molecular formula is C17H14F3NO5. The first-order valence-electron chi connectivity index (χ1n) is 7.45. The van der Waals surface area contributed by atoms with Crippen molar-refractivity contribution in [3.05, 3.63) is 59.5 Å². The second-order valence-corrected chi connectivity index (χ2v) is 5.15. The molecule has 0 aliphatic carbocycles. The fraction of sp³-hybridized carbons (Fsp3) is 0.235. The predicted molar refractivity (Wildman–Crippen MR) is 82.4 cm³/mol. The molecule has 1 heterocycles. The summed E-state index contributed by atoms with van der Waals surface area (Å²) in [4.78, 5) is 34.9. The van der Waals surface area contributed by atoms with Gasteiger partial charge in [0.25, 0.3) is 5.91 Å². The standard InChI is InChI=1S/C17H14F3NO5/c18-17(19,20)12-4-1-3-11(9-12)13(22)10-26-15(23)6-7-21-16(24)14-5-2-8-25-14/h1-5,8-9H,6-7,10H2,(H,21,24). The van der Waals surface area contributed by atoms with Crippen LogP contribution in [0.25, 0.3) is 0 Å². The summed E-state index contributed by atoms with van der Waals surface area (Å²) in [6.07, 6.45) is -3.45. The summed E-state index contributed by atoms with van der Waals surface area (Å²) in [6, 6.07) is 6.81. The van der Waals surface area contributed by atoms with Crippen molar-refractivity contribution < 1.29 is 36.7 Å². The number of carbonyl (C=O) groups is 3. The van der Waals surface area contributed by atoms with E-state index in [4.69, 9.17) is 9.15 Å². The summed E-state index contributed by atoms with van der Waals surface area (Å²) < 4.78 is 47.4. The molecule has 0 aliphatic heterocycles. The Labute approximate surface area is 145 Å². The molecule has 0 saturated heterocycles. The number of esters is 1. The molecule has 0 saturated carbocycles. The number of hydrogen-bond acceptors (Lipinski definition) is 5. The third kappa shape index (κ3) is 5.47. The minimum Gasteiger partial charge on any atom is -0.459 e. The Morgan fingerprint density at radius 3 is 2.54 bits per heavy atom. The lowest BCUT2D eigenvalue weighted by Crippen LogP contribution is -2.26. The van der Waals surface area contributed by atoms with Gasteiger partial charge in [0, 0.05) is 12.1 Å². The molecule has 0 bridgehead atoms. The molecule has 2 aromatic rings. The Morgan fingerprint density at radius 2 is 1.88 bits per heavy atom. The van der Waals surface area contributed by atoms with E-state index in [-0.39, 0.29) is 24.3 Å². The number of benzene rings is 1. The van der Waals surface area contributed by atoms with Crippen LogP contribution in [0.3, 0.4) is 0 Å². The number of alkyl halides is 3. The van der Waals surface area contributed by atoms with Crippen molar-refractivity contribution >= 4 is 17.7 Å². The molecule has 2 rings (SSSR count). The Hall–Kier alpha value is -3.10. The normalized spacial score (nSPS) is 11.0. The highest BCUT2D eigenvalue weighted by Crippen LogP contribution is 2.29. The van der Waals surface area contributed by atoms with Crippen LogP contribution in [0.2, 0.25) is 0 Å². The van der Waals surface area contributed by atoms with Crippen LogP contribution in [-0.2, 0) is 15.7 Å². The third-order valence-corrected chi connectivity index (χ3v) is 3.24. The highest BCUT2D eigenvalue weighted by Gasteiger charge is 2.30. The van der Waals surface area contributed by atoms with Crippen LogP contribution in [0, 0.1) is 0 Å². The van der Waals surface area contributed by atoms with E-state index < -0.39 is 36.0 Å². The maximum atomic E-state index is 12.6. The minimum atomic E-state index is -4.57. The lowest BCUT2D eigenvalue weighted by atomic mass is 10.1. The van der Waals surface area contributed by atoms with Gasteiger partial charge < -0.3 is 14.5 Å². The zero-order chi connectivity index (χ0) is 19.2. The van der Waals surface area contributed by atoms with E-state index in [1.807, 2.05) is 0 Å². The number of Topliss-reactive ketones (excluding diaryl/α,β-unsaturated/α-hetero) is 1. The minimum absolute atomic E-state index is 0.0455. The van der Waals surface area contributed by atoms with E-state index in [1.54, 1.807) is 0 Å². The summed E-state index contributed by atoms with van der Waals surface area (Å²) >= 11 is 0. The number of carbonyl (C=O) groups excluding carboxylic acids is 3. The number of furan rings is 1. The topological polar surface area (TPSA) is 85.6 Å². The van der Waals surface area contributed by atoms with Crippen LogP contribution >= 0.6 is 0 Å². The largest absolute Gasteiger partial charge is 0.459 e. The van der Waals surface area contributed by atoms with Crippen molar-refractivity contribution in [2.24, 2.45) is 0 Å². The van der Waals surface area contributed by atoms with Gasteiger partial charge in [-0.3, -0.25) is 14.4 Å². The van der Waals surface area contributed by atoms with E-state index in [2.05, 4.69) is 5.32 Å². The Morgan fingerprint density at radius 1 is 1.12 bits per heavy atom. The summed E-state index contributed by atoms with van der Waals surface area (Å²) in [5.41, 5.74) is -1.17. The number of amides is 1. The van der Waals surface area contributed by atoms with E-state index in [9.17, 15) is 27.6 Å². The van der Waals surface area contributed by atoms with Gasteiger partial charge in [0.15, 0.2) is 18.2 Å². The molecule has 0 fully saturated rings. The number of ether oxygens (including phenoxy) is 1. The maximum Gasteiger partial charge on any atom is 0.416 e. The number of rotatable bonds is 7. The molecule has 1 aromatic heterocycles. The van der Waals surface area contributed by atoms with Crippen molar-refractivity contribution in [1.82, 2.24) is 5.32 Å². The third-order valence-electron chi connectivity index (χ3n) is 3.24. The molecule has 1 amide bonds. The molecule has 0 spiro atoms. The molecular weight excluding hydrogens is 355 g/mol. The molecule has 0 aliphatic rings. The summed E-state index contributed by atoms with van der Waals surface area (Å²) in [5, 5.41) is 2.42. The van der Waals surface area contributed by atoms with Crippen LogP contribution in [0.15, 0.2) is 47.1 Å². The van der Waals surface area contributed by atoms with Crippen LogP contribution in [0.4, 0.5) is 13.2 Å².